The standard InChI is InChI=1S/C31H36N8O5S2/c32-22-11-6-10-21(16-22)17-25(39-46(43,44)19-20-8-2-1-3-9-20)29(42)36-18-27(40)37-24(13-7-15-35-31(33)34)28(41)30-38-23-12-4-5-14-26(23)45-30/h1-6,8-12,14,16,24-25,39H,7,13,15,17-19,32H2,(H,36,42)(H,37,40)(H4,33,34,35)/t24-,25+/m0/s1. The largest absolute Gasteiger partial charge is 0.399 e. The van der Waals surface area contributed by atoms with Crippen molar-refractivity contribution in [3.8, 4) is 0 Å². The normalized spacial score (nSPS) is 12.6. The summed E-state index contributed by atoms with van der Waals surface area (Å²) in [5.74, 6) is -2.20. The van der Waals surface area contributed by atoms with Gasteiger partial charge in [-0.25, -0.2) is 18.1 Å². The highest BCUT2D eigenvalue weighted by Gasteiger charge is 2.28. The number of nitrogens with one attached hydrogen (secondary N) is 3. The molecule has 0 fully saturated rings. The first-order valence-corrected chi connectivity index (χ1v) is 16.9. The van der Waals surface area contributed by atoms with Gasteiger partial charge < -0.3 is 27.8 Å². The van der Waals surface area contributed by atoms with Crippen LogP contribution in [0, 0.1) is 0 Å². The number of amides is 2. The molecule has 0 aliphatic carbocycles. The van der Waals surface area contributed by atoms with Crippen LogP contribution in [0.15, 0.2) is 83.9 Å². The number of sulfonamides is 1. The van der Waals surface area contributed by atoms with Gasteiger partial charge in [0.15, 0.2) is 11.0 Å². The molecule has 4 aromatic rings. The van der Waals surface area contributed by atoms with Crippen LogP contribution in [0.2, 0.25) is 0 Å². The molecule has 0 radical (unpaired) electrons. The molecule has 0 aliphatic heterocycles. The quantitative estimate of drug-likeness (QED) is 0.0335. The number of para-hydroxylation sites is 1. The number of benzene rings is 3. The van der Waals surface area contributed by atoms with Gasteiger partial charge in [0, 0.05) is 12.2 Å². The molecule has 0 spiro atoms. The average molecular weight is 665 g/mol. The van der Waals surface area contributed by atoms with Crippen molar-refractivity contribution in [2.24, 2.45) is 16.5 Å². The highest BCUT2D eigenvalue weighted by Crippen LogP contribution is 2.23. The number of guanidine groups is 1. The summed E-state index contributed by atoms with van der Waals surface area (Å²) in [5, 5.41) is 5.41. The summed E-state index contributed by atoms with van der Waals surface area (Å²) in [7, 11) is -3.96. The van der Waals surface area contributed by atoms with E-state index in [0.29, 0.717) is 28.8 Å². The van der Waals surface area contributed by atoms with Gasteiger partial charge in [-0.2, -0.15) is 0 Å². The third-order valence-corrected chi connectivity index (χ3v) is 9.16. The predicted octanol–water partition coefficient (Wildman–Crippen LogP) is 1.45. The highest BCUT2D eigenvalue weighted by molar-refractivity contribution is 7.88. The van der Waals surface area contributed by atoms with Crippen molar-refractivity contribution >= 4 is 60.8 Å². The second-order valence-electron chi connectivity index (χ2n) is 10.5. The number of hydrogen-bond acceptors (Lipinski definition) is 9. The third-order valence-electron chi connectivity index (χ3n) is 6.75. The van der Waals surface area contributed by atoms with Crippen LogP contribution in [0.3, 0.4) is 0 Å². The SMILES string of the molecule is NC(N)=NCCC[C@H](NC(=O)CNC(=O)[C@@H](Cc1cccc(N)c1)NS(=O)(=O)Cc1ccccc1)C(=O)c1nc2ccccc2s1. The van der Waals surface area contributed by atoms with Gasteiger partial charge in [-0.1, -0.05) is 54.6 Å². The Morgan fingerprint density at radius 2 is 1.63 bits per heavy atom. The zero-order valence-corrected chi connectivity index (χ0v) is 26.5. The Balaban J connectivity index is 1.45. The zero-order valence-electron chi connectivity index (χ0n) is 24.9. The molecule has 13 nitrogen and oxygen atoms in total. The number of carbonyl (C=O) groups excluding carboxylic acids is 3. The van der Waals surface area contributed by atoms with Crippen LogP contribution in [0.1, 0.15) is 33.8 Å². The van der Waals surface area contributed by atoms with Crippen molar-refractivity contribution in [2.75, 3.05) is 18.8 Å². The Kier molecular flexibility index (Phi) is 11.8. The van der Waals surface area contributed by atoms with Crippen molar-refractivity contribution in [3.05, 3.63) is 95.0 Å². The molecule has 46 heavy (non-hydrogen) atoms. The molecule has 0 bridgehead atoms. The number of nitrogen functional groups attached to an aromatic ring is 1. The smallest absolute Gasteiger partial charge is 0.239 e. The van der Waals surface area contributed by atoms with Gasteiger partial charge in [0.25, 0.3) is 0 Å². The second kappa shape index (κ2) is 15.9. The topological polar surface area (TPSA) is 225 Å². The second-order valence-corrected chi connectivity index (χ2v) is 13.3. The monoisotopic (exact) mass is 664 g/mol. The van der Waals surface area contributed by atoms with Crippen LogP contribution in [0.25, 0.3) is 10.2 Å². The fraction of sp³-hybridized carbons (Fsp3) is 0.258. The highest BCUT2D eigenvalue weighted by atomic mass is 32.2. The molecule has 3 aromatic carbocycles. The molecule has 0 unspecified atom stereocenters. The number of aliphatic imine (C=N–C) groups is 1. The number of fused-ring (bicyclic) bond motifs is 1. The van der Waals surface area contributed by atoms with Gasteiger partial charge in [-0.3, -0.25) is 19.4 Å². The van der Waals surface area contributed by atoms with Gasteiger partial charge in [0.1, 0.15) is 6.04 Å². The van der Waals surface area contributed by atoms with Gasteiger partial charge >= 0.3 is 0 Å². The van der Waals surface area contributed by atoms with Gasteiger partial charge in [0.05, 0.1) is 28.6 Å². The maximum atomic E-state index is 13.4. The van der Waals surface area contributed by atoms with Crippen LogP contribution in [-0.2, 0) is 31.8 Å². The Morgan fingerprint density at radius 1 is 0.913 bits per heavy atom. The molecule has 15 heteroatoms. The molecular weight excluding hydrogens is 629 g/mol. The molecule has 0 aliphatic rings. The minimum Gasteiger partial charge on any atom is -0.399 e. The lowest BCUT2D eigenvalue weighted by molar-refractivity contribution is -0.127. The molecule has 4 rings (SSSR count). The van der Waals surface area contributed by atoms with E-state index in [0.717, 1.165) is 4.70 Å². The molecule has 1 aromatic heterocycles. The molecule has 1 heterocycles. The van der Waals surface area contributed by atoms with E-state index in [9.17, 15) is 22.8 Å². The maximum absolute atomic E-state index is 13.4. The lowest BCUT2D eigenvalue weighted by Crippen LogP contribution is -2.51. The van der Waals surface area contributed by atoms with Gasteiger partial charge in [-0.15, -0.1) is 11.3 Å². The number of anilines is 1. The lowest BCUT2D eigenvalue weighted by atomic mass is 10.1. The van der Waals surface area contributed by atoms with E-state index in [-0.39, 0.29) is 36.1 Å². The van der Waals surface area contributed by atoms with Gasteiger partial charge in [0.2, 0.25) is 27.6 Å². The Morgan fingerprint density at radius 3 is 2.35 bits per heavy atom. The van der Waals surface area contributed by atoms with Crippen LogP contribution >= 0.6 is 11.3 Å². The summed E-state index contributed by atoms with van der Waals surface area (Å²) in [6.07, 6.45) is 0.579. The number of ketones is 1. The van der Waals surface area contributed by atoms with Crippen molar-refractivity contribution in [2.45, 2.75) is 37.1 Å². The molecule has 242 valence electrons. The van der Waals surface area contributed by atoms with Crippen LogP contribution in [0.4, 0.5) is 5.69 Å². The number of aromatic nitrogens is 1. The maximum Gasteiger partial charge on any atom is 0.239 e. The Hall–Kier alpha value is -4.86. The number of carbonyl (C=O) groups is 3. The summed E-state index contributed by atoms with van der Waals surface area (Å²) in [4.78, 5) is 48.1. The first-order valence-electron chi connectivity index (χ1n) is 14.4. The minimum absolute atomic E-state index is 0.0178. The van der Waals surface area contributed by atoms with Crippen molar-refractivity contribution in [1.29, 1.82) is 0 Å². The Labute approximate surface area is 270 Å². The van der Waals surface area contributed by atoms with E-state index in [1.165, 1.54) is 11.3 Å². The summed E-state index contributed by atoms with van der Waals surface area (Å²) in [5.41, 5.74) is 19.0. The zero-order chi connectivity index (χ0) is 33.1. The van der Waals surface area contributed by atoms with E-state index < -0.39 is 46.2 Å². The summed E-state index contributed by atoms with van der Waals surface area (Å²) in [6.45, 7) is -0.266. The van der Waals surface area contributed by atoms with Crippen molar-refractivity contribution in [1.82, 2.24) is 20.3 Å². The fourth-order valence-electron chi connectivity index (χ4n) is 4.63. The van der Waals surface area contributed by atoms with E-state index >= 15 is 0 Å². The van der Waals surface area contributed by atoms with Gasteiger partial charge in [-0.05, 0) is 54.7 Å². The summed E-state index contributed by atoms with van der Waals surface area (Å²) >= 11 is 1.21. The number of nitrogens with two attached hydrogens (primary N) is 3. The van der Waals surface area contributed by atoms with Crippen LogP contribution in [0.5, 0.6) is 0 Å². The summed E-state index contributed by atoms with van der Waals surface area (Å²) in [6, 6.07) is 20.3. The van der Waals surface area contributed by atoms with Crippen LogP contribution in [-0.4, -0.2) is 62.1 Å². The van der Waals surface area contributed by atoms with E-state index in [4.69, 9.17) is 17.2 Å². The molecule has 2 atom stereocenters. The minimum atomic E-state index is -3.96. The molecular formula is C31H36N8O5S2. The van der Waals surface area contributed by atoms with Crippen LogP contribution < -0.4 is 32.6 Å². The van der Waals surface area contributed by atoms with E-state index in [1.54, 1.807) is 60.7 Å². The summed E-state index contributed by atoms with van der Waals surface area (Å²) < 4.78 is 29.4. The third kappa shape index (κ3) is 10.4. The average Bonchev–Trinajstić information content (AvgIpc) is 3.45. The van der Waals surface area contributed by atoms with Crippen molar-refractivity contribution < 1.29 is 22.8 Å². The predicted molar refractivity (Wildman–Crippen MR) is 179 cm³/mol. The molecule has 0 saturated carbocycles. The van der Waals surface area contributed by atoms with E-state index in [1.807, 2.05) is 18.2 Å². The number of hydrogen-bond donors (Lipinski definition) is 6. The Bertz CT molecular complexity index is 1770. The fourth-order valence-corrected chi connectivity index (χ4v) is 6.93. The number of rotatable bonds is 16. The molecule has 9 N–H and O–H groups in total. The molecule has 0 saturated heterocycles. The molecule has 2 amide bonds. The number of Topliss-reactive ketones (excluding diaryl/α,β-unsaturated/α-hetero) is 1. The first kappa shape index (κ1) is 34.0. The lowest BCUT2D eigenvalue weighted by Gasteiger charge is -2.20. The first-order chi connectivity index (χ1) is 22.0. The van der Waals surface area contributed by atoms with Crippen molar-refractivity contribution in [3.63, 3.8) is 0 Å². The number of nitrogens with zero attached hydrogens (tertiary/aromatic N) is 2. The number of thiazole rings is 1. The van der Waals surface area contributed by atoms with E-state index in [2.05, 4.69) is 25.3 Å².